The number of carbonyl (C=O) groups is 1. The van der Waals surface area contributed by atoms with Gasteiger partial charge in [0, 0.05) is 30.2 Å². The third-order valence-corrected chi connectivity index (χ3v) is 4.57. The minimum atomic E-state index is -0.0957. The third-order valence-electron chi connectivity index (χ3n) is 4.57. The van der Waals surface area contributed by atoms with Crippen molar-refractivity contribution in [3.05, 3.63) is 71.8 Å². The van der Waals surface area contributed by atoms with Crippen molar-refractivity contribution in [3.8, 4) is 28.6 Å². The molecule has 3 aromatic rings. The molecule has 0 aliphatic heterocycles. The van der Waals surface area contributed by atoms with E-state index in [1.54, 1.807) is 20.3 Å². The number of nitrogens with one attached hydrogen (secondary N) is 1. The molecular formula is C24H26N2O4. The van der Waals surface area contributed by atoms with Gasteiger partial charge in [-0.2, -0.15) is 0 Å². The molecule has 0 aliphatic rings. The normalized spacial score (nSPS) is 10.4. The Kier molecular flexibility index (Phi) is 7.27. The fourth-order valence-electron chi connectivity index (χ4n) is 3.05. The molecule has 1 N–H and O–H groups in total. The Morgan fingerprint density at radius 2 is 1.77 bits per heavy atom. The first-order chi connectivity index (χ1) is 14.6. The van der Waals surface area contributed by atoms with Crippen molar-refractivity contribution in [2.24, 2.45) is 0 Å². The zero-order valence-corrected chi connectivity index (χ0v) is 17.5. The molecule has 0 bridgehead atoms. The summed E-state index contributed by atoms with van der Waals surface area (Å²) in [7, 11) is 3.24. The minimum Gasteiger partial charge on any atom is -0.493 e. The number of pyridine rings is 1. The molecule has 0 aliphatic carbocycles. The topological polar surface area (TPSA) is 69.7 Å². The molecule has 0 fully saturated rings. The van der Waals surface area contributed by atoms with Gasteiger partial charge in [-0.1, -0.05) is 24.3 Å². The Morgan fingerprint density at radius 3 is 2.53 bits per heavy atom. The van der Waals surface area contributed by atoms with Crippen LogP contribution in [0.2, 0.25) is 0 Å². The third kappa shape index (κ3) is 5.29. The monoisotopic (exact) mass is 406 g/mol. The van der Waals surface area contributed by atoms with E-state index in [-0.39, 0.29) is 5.91 Å². The van der Waals surface area contributed by atoms with Crippen LogP contribution in [0, 0.1) is 0 Å². The molecule has 0 unspecified atom stereocenters. The van der Waals surface area contributed by atoms with Crippen LogP contribution in [0.4, 0.5) is 0 Å². The first kappa shape index (κ1) is 21.2. The van der Waals surface area contributed by atoms with E-state index in [4.69, 9.17) is 14.2 Å². The molecule has 1 amide bonds. The maximum Gasteiger partial charge on any atom is 0.251 e. The van der Waals surface area contributed by atoms with E-state index < -0.39 is 0 Å². The number of methoxy groups -OCH3 is 2. The van der Waals surface area contributed by atoms with E-state index in [1.165, 1.54) is 0 Å². The maximum atomic E-state index is 12.1. The van der Waals surface area contributed by atoms with Gasteiger partial charge < -0.3 is 19.5 Å². The second-order valence-electron chi connectivity index (χ2n) is 6.59. The quantitative estimate of drug-likeness (QED) is 0.578. The predicted octanol–water partition coefficient (Wildman–Crippen LogP) is 4.14. The average molecular weight is 406 g/mol. The van der Waals surface area contributed by atoms with E-state index in [9.17, 15) is 4.79 Å². The first-order valence-corrected chi connectivity index (χ1v) is 9.84. The number of ether oxygens (including phenoxy) is 3. The molecule has 30 heavy (non-hydrogen) atoms. The summed E-state index contributed by atoms with van der Waals surface area (Å²) in [5.41, 5.74) is 3.31. The van der Waals surface area contributed by atoms with Crippen molar-refractivity contribution in [3.63, 3.8) is 0 Å². The van der Waals surface area contributed by atoms with Crippen LogP contribution < -0.4 is 19.5 Å². The van der Waals surface area contributed by atoms with Crippen LogP contribution in [0.1, 0.15) is 22.8 Å². The van der Waals surface area contributed by atoms with Gasteiger partial charge in [0.25, 0.3) is 5.91 Å². The van der Waals surface area contributed by atoms with Crippen molar-refractivity contribution >= 4 is 5.91 Å². The minimum absolute atomic E-state index is 0.0957. The van der Waals surface area contributed by atoms with E-state index in [2.05, 4.69) is 10.3 Å². The van der Waals surface area contributed by atoms with Crippen LogP contribution in [0.5, 0.6) is 17.4 Å². The number of hydrogen-bond donors (Lipinski definition) is 1. The van der Waals surface area contributed by atoms with E-state index in [1.807, 2.05) is 61.5 Å². The molecule has 6 nitrogen and oxygen atoms in total. The van der Waals surface area contributed by atoms with Gasteiger partial charge in [-0.3, -0.25) is 4.79 Å². The van der Waals surface area contributed by atoms with Crippen molar-refractivity contribution in [1.82, 2.24) is 10.3 Å². The Morgan fingerprint density at radius 1 is 0.967 bits per heavy atom. The average Bonchev–Trinajstić information content (AvgIpc) is 2.79. The van der Waals surface area contributed by atoms with Crippen LogP contribution in [0.15, 0.2) is 60.7 Å². The van der Waals surface area contributed by atoms with Crippen LogP contribution in [-0.2, 0) is 6.42 Å². The van der Waals surface area contributed by atoms with Gasteiger partial charge in [-0.05, 0) is 42.8 Å². The van der Waals surface area contributed by atoms with Crippen molar-refractivity contribution < 1.29 is 19.0 Å². The van der Waals surface area contributed by atoms with Gasteiger partial charge in [0.05, 0.1) is 26.5 Å². The summed E-state index contributed by atoms with van der Waals surface area (Å²) in [6.07, 6.45) is 0.707. The summed E-state index contributed by atoms with van der Waals surface area (Å²) in [5.74, 6) is 1.84. The number of benzene rings is 2. The lowest BCUT2D eigenvalue weighted by molar-refractivity contribution is 0.0956. The summed E-state index contributed by atoms with van der Waals surface area (Å²) in [5, 5.41) is 2.81. The summed E-state index contributed by atoms with van der Waals surface area (Å²) in [6, 6.07) is 18.8. The first-order valence-electron chi connectivity index (χ1n) is 9.84. The highest BCUT2D eigenvalue weighted by Gasteiger charge is 2.08. The molecule has 3 rings (SSSR count). The fourth-order valence-corrected chi connectivity index (χ4v) is 3.05. The molecule has 0 saturated carbocycles. The molecule has 2 aromatic carbocycles. The van der Waals surface area contributed by atoms with Crippen molar-refractivity contribution in [1.29, 1.82) is 0 Å². The second kappa shape index (κ2) is 10.3. The number of carbonyl (C=O) groups excluding carboxylic acids is 1. The zero-order chi connectivity index (χ0) is 21.3. The van der Waals surface area contributed by atoms with Crippen LogP contribution in [0.25, 0.3) is 11.3 Å². The predicted molar refractivity (Wildman–Crippen MR) is 116 cm³/mol. The van der Waals surface area contributed by atoms with Gasteiger partial charge in [-0.15, -0.1) is 0 Å². The van der Waals surface area contributed by atoms with Crippen LogP contribution in [-0.4, -0.2) is 38.3 Å². The van der Waals surface area contributed by atoms with Gasteiger partial charge in [0.15, 0.2) is 11.5 Å². The number of amides is 1. The molecule has 156 valence electrons. The highest BCUT2D eigenvalue weighted by Crippen LogP contribution is 2.28. The summed E-state index contributed by atoms with van der Waals surface area (Å²) in [4.78, 5) is 16.7. The van der Waals surface area contributed by atoms with Gasteiger partial charge in [-0.25, -0.2) is 4.98 Å². The van der Waals surface area contributed by atoms with Gasteiger partial charge in [0.2, 0.25) is 5.88 Å². The molecule has 0 spiro atoms. The Labute approximate surface area is 176 Å². The van der Waals surface area contributed by atoms with Crippen molar-refractivity contribution in [2.45, 2.75) is 13.3 Å². The molecule has 6 heteroatoms. The van der Waals surface area contributed by atoms with E-state index in [0.717, 1.165) is 16.8 Å². The molecular weight excluding hydrogens is 380 g/mol. The largest absolute Gasteiger partial charge is 0.493 e. The summed E-state index contributed by atoms with van der Waals surface area (Å²) >= 11 is 0. The number of aromatic nitrogens is 1. The Balaban J connectivity index is 1.66. The van der Waals surface area contributed by atoms with Gasteiger partial charge in [0.1, 0.15) is 0 Å². The number of rotatable bonds is 9. The summed E-state index contributed by atoms with van der Waals surface area (Å²) in [6.45, 7) is 2.96. The maximum absolute atomic E-state index is 12.1. The van der Waals surface area contributed by atoms with Crippen LogP contribution >= 0.6 is 0 Å². The number of nitrogens with zero attached hydrogens (tertiary/aromatic N) is 1. The lowest BCUT2D eigenvalue weighted by Gasteiger charge is -2.11. The molecule has 1 heterocycles. The standard InChI is InChI=1S/C24H26N2O4/c1-4-25-24(27)19-8-5-7-18(16-19)20-9-6-10-23(26-20)30-14-13-17-11-12-21(28-2)22(15-17)29-3/h5-12,15-16H,4,13-14H2,1-3H3,(H,25,27). The smallest absolute Gasteiger partial charge is 0.251 e. The number of hydrogen-bond acceptors (Lipinski definition) is 5. The second-order valence-corrected chi connectivity index (χ2v) is 6.59. The highest BCUT2D eigenvalue weighted by molar-refractivity contribution is 5.95. The van der Waals surface area contributed by atoms with Crippen molar-refractivity contribution in [2.75, 3.05) is 27.4 Å². The molecule has 0 saturated heterocycles. The molecule has 1 aromatic heterocycles. The zero-order valence-electron chi connectivity index (χ0n) is 17.5. The van der Waals surface area contributed by atoms with Gasteiger partial charge >= 0.3 is 0 Å². The fraction of sp³-hybridized carbons (Fsp3) is 0.250. The van der Waals surface area contributed by atoms with E-state index >= 15 is 0 Å². The van der Waals surface area contributed by atoms with E-state index in [0.29, 0.717) is 42.5 Å². The van der Waals surface area contributed by atoms with Crippen LogP contribution in [0.3, 0.4) is 0 Å². The highest BCUT2D eigenvalue weighted by atomic mass is 16.5. The SMILES string of the molecule is CCNC(=O)c1cccc(-c2cccc(OCCc3ccc(OC)c(OC)c3)n2)c1. The Bertz CT molecular complexity index is 1000. The lowest BCUT2D eigenvalue weighted by Crippen LogP contribution is -2.22. The Hall–Kier alpha value is -3.54. The molecule has 0 radical (unpaired) electrons. The molecule has 0 atom stereocenters. The lowest BCUT2D eigenvalue weighted by atomic mass is 10.1. The summed E-state index contributed by atoms with van der Waals surface area (Å²) < 4.78 is 16.5.